The van der Waals surface area contributed by atoms with Gasteiger partial charge in [0.15, 0.2) is 0 Å². The van der Waals surface area contributed by atoms with Crippen LogP contribution in [0.5, 0.6) is 5.75 Å². The van der Waals surface area contributed by atoms with Crippen molar-refractivity contribution < 1.29 is 9.15 Å². The molecule has 0 saturated carbocycles. The molecule has 0 spiro atoms. The van der Waals surface area contributed by atoms with E-state index in [2.05, 4.69) is 55.1 Å². The second-order valence-corrected chi connectivity index (χ2v) is 6.79. The van der Waals surface area contributed by atoms with Crippen molar-refractivity contribution in [3.05, 3.63) is 103 Å². The average Bonchev–Trinajstić information content (AvgIpc) is 3.15. The molecule has 0 bridgehead atoms. The van der Waals surface area contributed by atoms with Crippen molar-refractivity contribution in [2.24, 2.45) is 0 Å². The van der Waals surface area contributed by atoms with Crippen molar-refractivity contribution in [3.8, 4) is 39.3 Å². The number of rotatable bonds is 7. The lowest BCUT2D eigenvalue weighted by Gasteiger charge is -2.09. The molecule has 0 unspecified atom stereocenters. The van der Waals surface area contributed by atoms with Gasteiger partial charge in [-0.1, -0.05) is 78.9 Å². The highest BCUT2D eigenvalue weighted by atomic mass is 16.5. The summed E-state index contributed by atoms with van der Waals surface area (Å²) in [7, 11) is 0. The van der Waals surface area contributed by atoms with Gasteiger partial charge in [0, 0.05) is 23.1 Å². The fraction of sp³-hybridized carbons (Fsp3) is 0.111. The van der Waals surface area contributed by atoms with Gasteiger partial charge >= 0.3 is 0 Å². The normalized spacial score (nSPS) is 10.7. The van der Waals surface area contributed by atoms with E-state index in [-0.39, 0.29) is 0 Å². The van der Waals surface area contributed by atoms with Gasteiger partial charge in [-0.2, -0.15) is 0 Å². The van der Waals surface area contributed by atoms with E-state index in [9.17, 15) is 0 Å². The third-order valence-electron chi connectivity index (χ3n) is 4.86. The smallest absolute Gasteiger partial charge is 0.142 e. The number of allylic oxidation sites excluding steroid dienone is 1. The fourth-order valence-corrected chi connectivity index (χ4v) is 3.62. The number of benzene rings is 3. The van der Waals surface area contributed by atoms with Gasteiger partial charge in [-0.05, 0) is 30.2 Å². The zero-order valence-corrected chi connectivity index (χ0v) is 16.6. The molecule has 2 heteroatoms. The molecule has 4 aromatic rings. The van der Waals surface area contributed by atoms with Crippen molar-refractivity contribution in [2.75, 3.05) is 6.61 Å². The van der Waals surface area contributed by atoms with Crippen molar-refractivity contribution >= 4 is 0 Å². The Hall–Kier alpha value is -3.52. The Morgan fingerprint density at radius 1 is 0.759 bits per heavy atom. The monoisotopic (exact) mass is 380 g/mol. The van der Waals surface area contributed by atoms with E-state index in [1.807, 2.05) is 49.4 Å². The fourth-order valence-electron chi connectivity index (χ4n) is 3.62. The molecule has 1 aromatic heterocycles. The molecule has 0 aliphatic heterocycles. The van der Waals surface area contributed by atoms with E-state index >= 15 is 0 Å². The van der Waals surface area contributed by atoms with Crippen LogP contribution in [0.3, 0.4) is 0 Å². The molecule has 0 aliphatic carbocycles. The van der Waals surface area contributed by atoms with E-state index in [1.54, 1.807) is 0 Å². The predicted molar refractivity (Wildman–Crippen MR) is 120 cm³/mol. The number of hydrogen-bond donors (Lipinski definition) is 0. The average molecular weight is 380 g/mol. The molecular formula is C27H24O2. The van der Waals surface area contributed by atoms with Crippen LogP contribution in [0.1, 0.15) is 12.7 Å². The highest BCUT2D eigenvalue weighted by Gasteiger charge is 2.23. The predicted octanol–water partition coefficient (Wildman–Crippen LogP) is 7.41. The van der Waals surface area contributed by atoms with E-state index in [1.165, 1.54) is 0 Å². The Labute approximate surface area is 172 Å². The summed E-state index contributed by atoms with van der Waals surface area (Å²) >= 11 is 0. The van der Waals surface area contributed by atoms with Gasteiger partial charge in [-0.15, -0.1) is 6.58 Å². The second kappa shape index (κ2) is 8.66. The second-order valence-electron chi connectivity index (χ2n) is 6.79. The summed E-state index contributed by atoms with van der Waals surface area (Å²) in [6.45, 7) is 6.58. The van der Waals surface area contributed by atoms with Crippen LogP contribution in [0.25, 0.3) is 33.6 Å². The number of furan rings is 1. The minimum Gasteiger partial charge on any atom is -0.494 e. The minimum absolute atomic E-state index is 0.652. The maximum Gasteiger partial charge on any atom is 0.142 e. The zero-order chi connectivity index (χ0) is 20.1. The van der Waals surface area contributed by atoms with Crippen LogP contribution in [0.2, 0.25) is 0 Å². The summed E-state index contributed by atoms with van der Waals surface area (Å²) in [4.78, 5) is 0. The number of ether oxygens (including phenoxy) is 1. The summed E-state index contributed by atoms with van der Waals surface area (Å²) in [5.41, 5.74) is 5.52. The van der Waals surface area contributed by atoms with Gasteiger partial charge in [0.2, 0.25) is 0 Å². The van der Waals surface area contributed by atoms with Crippen LogP contribution in [-0.2, 0) is 6.42 Å². The Morgan fingerprint density at radius 2 is 1.34 bits per heavy atom. The van der Waals surface area contributed by atoms with Crippen molar-refractivity contribution in [1.82, 2.24) is 0 Å². The largest absolute Gasteiger partial charge is 0.494 e. The molecule has 0 radical (unpaired) electrons. The summed E-state index contributed by atoms with van der Waals surface area (Å²) in [5, 5.41) is 0. The van der Waals surface area contributed by atoms with Crippen molar-refractivity contribution in [3.63, 3.8) is 0 Å². The van der Waals surface area contributed by atoms with Gasteiger partial charge in [0.1, 0.15) is 17.3 Å². The molecule has 1 heterocycles. The van der Waals surface area contributed by atoms with Gasteiger partial charge < -0.3 is 9.15 Å². The van der Waals surface area contributed by atoms with Gasteiger partial charge in [0.05, 0.1) is 6.61 Å². The molecule has 0 aliphatic rings. The lowest BCUT2D eigenvalue weighted by atomic mass is 9.92. The Morgan fingerprint density at radius 3 is 1.93 bits per heavy atom. The SMILES string of the molecule is C=CCc1oc(-c2ccccc2)c(-c2ccc(OCC)cc2)c1-c1ccccc1. The van der Waals surface area contributed by atoms with Crippen molar-refractivity contribution in [1.29, 1.82) is 0 Å². The summed E-state index contributed by atoms with van der Waals surface area (Å²) in [5.74, 6) is 2.67. The molecule has 2 nitrogen and oxygen atoms in total. The molecule has 0 N–H and O–H groups in total. The standard InChI is InChI=1S/C27H24O2/c1-3-11-24-25(20-12-7-5-8-13-20)26(21-16-18-23(19-17-21)28-4-2)27(29-24)22-14-9-6-10-15-22/h3,5-10,12-19H,1,4,11H2,2H3. The molecule has 0 saturated heterocycles. The maximum absolute atomic E-state index is 6.46. The number of hydrogen-bond acceptors (Lipinski definition) is 2. The quantitative estimate of drug-likeness (QED) is 0.311. The molecule has 29 heavy (non-hydrogen) atoms. The van der Waals surface area contributed by atoms with Crippen LogP contribution >= 0.6 is 0 Å². The Kier molecular flexibility index (Phi) is 5.62. The third kappa shape index (κ3) is 3.88. The first-order valence-electron chi connectivity index (χ1n) is 9.92. The third-order valence-corrected chi connectivity index (χ3v) is 4.86. The molecule has 0 atom stereocenters. The topological polar surface area (TPSA) is 22.4 Å². The van der Waals surface area contributed by atoms with Gasteiger partial charge in [0.25, 0.3) is 0 Å². The van der Waals surface area contributed by atoms with Crippen LogP contribution in [-0.4, -0.2) is 6.61 Å². The molecule has 0 amide bonds. The molecular weight excluding hydrogens is 356 g/mol. The maximum atomic E-state index is 6.46. The summed E-state index contributed by atoms with van der Waals surface area (Å²) in [6, 6.07) is 28.9. The first-order valence-corrected chi connectivity index (χ1v) is 9.92. The first kappa shape index (κ1) is 18.8. The molecule has 3 aromatic carbocycles. The van der Waals surface area contributed by atoms with E-state index in [0.717, 1.165) is 45.1 Å². The lowest BCUT2D eigenvalue weighted by molar-refractivity contribution is 0.340. The van der Waals surface area contributed by atoms with E-state index < -0.39 is 0 Å². The molecule has 144 valence electrons. The Balaban J connectivity index is 1.98. The zero-order valence-electron chi connectivity index (χ0n) is 16.6. The highest BCUT2D eigenvalue weighted by Crippen LogP contribution is 2.45. The summed E-state index contributed by atoms with van der Waals surface area (Å²) < 4.78 is 12.1. The van der Waals surface area contributed by atoms with Crippen LogP contribution in [0.4, 0.5) is 0 Å². The highest BCUT2D eigenvalue weighted by molar-refractivity contribution is 5.94. The molecule has 0 fully saturated rings. The van der Waals surface area contributed by atoms with Crippen molar-refractivity contribution in [2.45, 2.75) is 13.3 Å². The summed E-state index contributed by atoms with van der Waals surface area (Å²) in [6.07, 6.45) is 2.56. The minimum atomic E-state index is 0.652. The first-order chi connectivity index (χ1) is 14.3. The van der Waals surface area contributed by atoms with E-state index in [0.29, 0.717) is 13.0 Å². The molecule has 4 rings (SSSR count). The van der Waals surface area contributed by atoms with Crippen LogP contribution in [0, 0.1) is 0 Å². The van der Waals surface area contributed by atoms with Gasteiger partial charge in [-0.25, -0.2) is 0 Å². The lowest BCUT2D eigenvalue weighted by Crippen LogP contribution is -1.91. The van der Waals surface area contributed by atoms with Gasteiger partial charge in [-0.3, -0.25) is 0 Å². The Bertz CT molecular complexity index is 1070. The van der Waals surface area contributed by atoms with Crippen LogP contribution in [0.15, 0.2) is 102 Å². The van der Waals surface area contributed by atoms with Crippen LogP contribution < -0.4 is 4.74 Å². The van der Waals surface area contributed by atoms with E-state index in [4.69, 9.17) is 9.15 Å².